The molecule has 2 saturated carbocycles. The Morgan fingerprint density at radius 3 is 2.28 bits per heavy atom. The number of rotatable bonds is 8. The number of nitrogens with one attached hydrogen (secondary N) is 1. The number of aryl methyl sites for hydroxylation is 1. The lowest BCUT2D eigenvalue weighted by Crippen LogP contribution is -2.25. The average Bonchev–Trinajstić information content (AvgIpc) is 2.75. The van der Waals surface area contributed by atoms with E-state index in [4.69, 9.17) is 0 Å². The van der Waals surface area contributed by atoms with Crippen molar-refractivity contribution in [1.82, 2.24) is 0 Å². The van der Waals surface area contributed by atoms with Crippen molar-refractivity contribution in [3.8, 4) is 0 Å². The van der Waals surface area contributed by atoms with E-state index in [9.17, 15) is 4.79 Å². The van der Waals surface area contributed by atoms with Crippen LogP contribution >= 0.6 is 0 Å². The van der Waals surface area contributed by atoms with Crippen LogP contribution in [0, 0.1) is 24.7 Å². The quantitative estimate of drug-likeness (QED) is 0.353. The summed E-state index contributed by atoms with van der Waals surface area (Å²) in [5.74, 6) is 3.54. The van der Waals surface area contributed by atoms with Crippen LogP contribution in [0.1, 0.15) is 101 Å². The van der Waals surface area contributed by atoms with E-state index in [-0.39, 0.29) is 5.91 Å². The number of amides is 1. The fourth-order valence-electron chi connectivity index (χ4n) is 5.94. The van der Waals surface area contributed by atoms with Gasteiger partial charge in [-0.3, -0.25) is 4.79 Å². The number of benzene rings is 1. The predicted molar refractivity (Wildman–Crippen MR) is 124 cm³/mol. The molecule has 0 spiro atoms. The van der Waals surface area contributed by atoms with Gasteiger partial charge in [0.15, 0.2) is 0 Å². The molecule has 29 heavy (non-hydrogen) atoms. The minimum atomic E-state index is -0.141. The van der Waals surface area contributed by atoms with Gasteiger partial charge in [0.25, 0.3) is 0 Å². The van der Waals surface area contributed by atoms with Crippen LogP contribution in [0.4, 0.5) is 5.69 Å². The van der Waals surface area contributed by atoms with Crippen molar-refractivity contribution in [3.05, 3.63) is 42.0 Å². The molecule has 0 radical (unpaired) electrons. The lowest BCUT2D eigenvalue weighted by molar-refractivity contribution is -0.111. The molecular weight excluding hydrogens is 354 g/mol. The summed E-state index contributed by atoms with van der Waals surface area (Å²) in [6.07, 6.45) is 18.5. The molecule has 0 aliphatic heterocycles. The third-order valence-electron chi connectivity index (χ3n) is 7.71. The molecule has 2 aliphatic carbocycles. The smallest absolute Gasteiger partial charge is 0.247 e. The Labute approximate surface area is 178 Å². The van der Waals surface area contributed by atoms with E-state index in [0.717, 1.165) is 23.4 Å². The Balaban J connectivity index is 1.46. The number of carbonyl (C=O) groups is 1. The van der Waals surface area contributed by atoms with Gasteiger partial charge in [0.1, 0.15) is 0 Å². The Bertz CT molecular complexity index is 663. The van der Waals surface area contributed by atoms with Gasteiger partial charge in [-0.05, 0) is 98.5 Å². The summed E-state index contributed by atoms with van der Waals surface area (Å²) in [4.78, 5) is 11.5. The van der Waals surface area contributed by atoms with Gasteiger partial charge in [0, 0.05) is 5.69 Å². The molecular formula is C27H41NO. The molecule has 0 aromatic heterocycles. The zero-order valence-corrected chi connectivity index (χ0v) is 18.7. The summed E-state index contributed by atoms with van der Waals surface area (Å²) >= 11 is 0. The largest absolute Gasteiger partial charge is 0.323 e. The van der Waals surface area contributed by atoms with Gasteiger partial charge in [-0.15, -0.1) is 0 Å². The van der Waals surface area contributed by atoms with Gasteiger partial charge in [-0.1, -0.05) is 58.1 Å². The summed E-state index contributed by atoms with van der Waals surface area (Å²) in [5.41, 5.74) is 3.67. The lowest BCUT2D eigenvalue weighted by Gasteiger charge is -2.38. The first-order valence-corrected chi connectivity index (χ1v) is 12.1. The maximum absolute atomic E-state index is 11.5. The Morgan fingerprint density at radius 1 is 1.03 bits per heavy atom. The Kier molecular flexibility index (Phi) is 8.39. The fraction of sp³-hybridized carbons (Fsp3) is 0.667. The molecule has 0 saturated heterocycles. The highest BCUT2D eigenvalue weighted by Crippen LogP contribution is 2.45. The summed E-state index contributed by atoms with van der Waals surface area (Å²) in [5, 5.41) is 2.88. The molecule has 0 atom stereocenters. The van der Waals surface area contributed by atoms with Crippen LogP contribution in [0.2, 0.25) is 0 Å². The second kappa shape index (κ2) is 11.0. The highest BCUT2D eigenvalue weighted by molar-refractivity contribution is 5.98. The number of hydrogen-bond acceptors (Lipinski definition) is 1. The highest BCUT2D eigenvalue weighted by Gasteiger charge is 2.31. The summed E-state index contributed by atoms with van der Waals surface area (Å²) in [6.45, 7) is 8.02. The molecule has 160 valence electrons. The molecule has 3 rings (SSSR count). The maximum atomic E-state index is 11.5. The van der Waals surface area contributed by atoms with Crippen LogP contribution in [-0.4, -0.2) is 5.91 Å². The van der Waals surface area contributed by atoms with Gasteiger partial charge in [0.05, 0.1) is 0 Å². The zero-order chi connectivity index (χ0) is 20.6. The lowest BCUT2D eigenvalue weighted by atomic mass is 9.67. The standard InChI is InChI=1S/C27H41NO/c1-4-6-7-8-21-9-11-22(12-10-21)23-13-15-24(16-14-23)26-18-17-25(19-20(26)3)28-27(29)5-2/h5,17-19,21-24H,2,4,6-16H2,1,3H3,(H,28,29). The van der Waals surface area contributed by atoms with E-state index in [1.165, 1.54) is 94.3 Å². The maximum Gasteiger partial charge on any atom is 0.247 e. The number of anilines is 1. The third-order valence-corrected chi connectivity index (χ3v) is 7.71. The van der Waals surface area contributed by atoms with Gasteiger partial charge < -0.3 is 5.32 Å². The normalized spacial score (nSPS) is 27.4. The van der Waals surface area contributed by atoms with Crippen LogP contribution < -0.4 is 5.32 Å². The van der Waals surface area contributed by atoms with Crippen molar-refractivity contribution in [3.63, 3.8) is 0 Å². The average molecular weight is 396 g/mol. The van der Waals surface area contributed by atoms with E-state index in [0.29, 0.717) is 5.92 Å². The second-order valence-corrected chi connectivity index (χ2v) is 9.65. The van der Waals surface area contributed by atoms with Crippen LogP contribution in [0.5, 0.6) is 0 Å². The monoisotopic (exact) mass is 395 g/mol. The van der Waals surface area contributed by atoms with Crippen molar-refractivity contribution >= 4 is 11.6 Å². The van der Waals surface area contributed by atoms with Crippen molar-refractivity contribution in [2.75, 3.05) is 5.32 Å². The van der Waals surface area contributed by atoms with E-state index in [1.807, 2.05) is 0 Å². The van der Waals surface area contributed by atoms with Gasteiger partial charge in [0.2, 0.25) is 5.91 Å². The molecule has 2 aliphatic rings. The van der Waals surface area contributed by atoms with Crippen molar-refractivity contribution in [2.24, 2.45) is 17.8 Å². The molecule has 0 heterocycles. The first-order valence-electron chi connectivity index (χ1n) is 12.1. The van der Waals surface area contributed by atoms with E-state index in [2.05, 4.69) is 43.9 Å². The van der Waals surface area contributed by atoms with Crippen LogP contribution in [-0.2, 0) is 4.79 Å². The topological polar surface area (TPSA) is 29.1 Å². The molecule has 1 N–H and O–H groups in total. The third kappa shape index (κ3) is 6.20. The molecule has 2 fully saturated rings. The van der Waals surface area contributed by atoms with E-state index < -0.39 is 0 Å². The zero-order valence-electron chi connectivity index (χ0n) is 18.7. The summed E-state index contributed by atoms with van der Waals surface area (Å²) < 4.78 is 0. The predicted octanol–water partition coefficient (Wildman–Crippen LogP) is 7.78. The fourth-order valence-corrected chi connectivity index (χ4v) is 5.94. The SMILES string of the molecule is C=CC(=O)Nc1ccc(C2CCC(C3CCC(CCCCC)CC3)CC2)c(C)c1. The molecule has 2 nitrogen and oxygen atoms in total. The van der Waals surface area contributed by atoms with Crippen LogP contribution in [0.25, 0.3) is 0 Å². The summed E-state index contributed by atoms with van der Waals surface area (Å²) in [7, 11) is 0. The number of unbranched alkanes of at least 4 members (excludes halogenated alkanes) is 2. The summed E-state index contributed by atoms with van der Waals surface area (Å²) in [6, 6.07) is 6.40. The Hall–Kier alpha value is -1.57. The highest BCUT2D eigenvalue weighted by atomic mass is 16.1. The van der Waals surface area contributed by atoms with Gasteiger partial charge >= 0.3 is 0 Å². The number of hydrogen-bond donors (Lipinski definition) is 1. The minimum Gasteiger partial charge on any atom is -0.323 e. The molecule has 1 aromatic carbocycles. The minimum absolute atomic E-state index is 0.141. The van der Waals surface area contributed by atoms with Crippen molar-refractivity contribution < 1.29 is 4.79 Å². The Morgan fingerprint density at radius 2 is 1.69 bits per heavy atom. The number of carbonyl (C=O) groups excluding carboxylic acids is 1. The molecule has 2 heteroatoms. The van der Waals surface area contributed by atoms with E-state index >= 15 is 0 Å². The molecule has 0 bridgehead atoms. The van der Waals surface area contributed by atoms with Crippen LogP contribution in [0.15, 0.2) is 30.9 Å². The first kappa shape index (κ1) is 22.1. The van der Waals surface area contributed by atoms with E-state index in [1.54, 1.807) is 0 Å². The van der Waals surface area contributed by atoms with Gasteiger partial charge in [-0.25, -0.2) is 0 Å². The second-order valence-electron chi connectivity index (χ2n) is 9.65. The molecule has 0 unspecified atom stereocenters. The first-order chi connectivity index (χ1) is 14.1. The van der Waals surface area contributed by atoms with Crippen LogP contribution in [0.3, 0.4) is 0 Å². The molecule has 1 aromatic rings. The van der Waals surface area contributed by atoms with Gasteiger partial charge in [-0.2, -0.15) is 0 Å². The molecule has 1 amide bonds. The van der Waals surface area contributed by atoms with Crippen molar-refractivity contribution in [2.45, 2.75) is 96.8 Å². The van der Waals surface area contributed by atoms with Crippen molar-refractivity contribution in [1.29, 1.82) is 0 Å².